The summed E-state index contributed by atoms with van der Waals surface area (Å²) in [5.41, 5.74) is 0.193. The molecule has 1 saturated carbocycles. The van der Waals surface area contributed by atoms with E-state index in [9.17, 15) is 5.11 Å². The third-order valence-electron chi connectivity index (χ3n) is 4.90. The van der Waals surface area contributed by atoms with Gasteiger partial charge in [-0.25, -0.2) is 0 Å². The van der Waals surface area contributed by atoms with Crippen molar-refractivity contribution in [2.45, 2.75) is 44.9 Å². The van der Waals surface area contributed by atoms with Gasteiger partial charge in [-0.05, 0) is 51.7 Å². The number of aliphatic hydroxyl groups excluding tert-OH is 1. The molecule has 0 amide bonds. The van der Waals surface area contributed by atoms with Crippen LogP contribution in [0.15, 0.2) is 0 Å². The molecular weight excluding hydrogens is 224 g/mol. The minimum Gasteiger partial charge on any atom is -0.396 e. The summed E-state index contributed by atoms with van der Waals surface area (Å²) in [5.74, 6) is 0.808. The van der Waals surface area contributed by atoms with E-state index in [1.807, 2.05) is 0 Å². The summed E-state index contributed by atoms with van der Waals surface area (Å²) in [6.45, 7) is 5.01. The fraction of sp³-hybridized carbons (Fsp3) is 1.00. The van der Waals surface area contributed by atoms with Crippen molar-refractivity contribution in [3.05, 3.63) is 0 Å². The first kappa shape index (κ1) is 14.3. The van der Waals surface area contributed by atoms with Gasteiger partial charge in [-0.3, -0.25) is 0 Å². The number of nitrogens with zero attached hydrogens (tertiary/aromatic N) is 1. The van der Waals surface area contributed by atoms with Crippen LogP contribution in [-0.2, 0) is 0 Å². The lowest BCUT2D eigenvalue weighted by atomic mass is 9.74. The summed E-state index contributed by atoms with van der Waals surface area (Å²) in [5, 5.41) is 13.3. The SMILES string of the molecule is CN1CCCC(CNCC2(CO)CCCCC2)C1. The maximum Gasteiger partial charge on any atom is 0.0499 e. The zero-order chi connectivity index (χ0) is 12.8. The van der Waals surface area contributed by atoms with Crippen molar-refractivity contribution in [3.8, 4) is 0 Å². The van der Waals surface area contributed by atoms with Crippen LogP contribution in [0.1, 0.15) is 44.9 Å². The van der Waals surface area contributed by atoms with Gasteiger partial charge in [-0.2, -0.15) is 0 Å². The zero-order valence-corrected chi connectivity index (χ0v) is 12.0. The van der Waals surface area contributed by atoms with Crippen LogP contribution in [0.25, 0.3) is 0 Å². The first-order chi connectivity index (χ1) is 8.74. The molecule has 3 heteroatoms. The number of rotatable bonds is 5. The Morgan fingerprint density at radius 2 is 2.00 bits per heavy atom. The quantitative estimate of drug-likeness (QED) is 0.786. The Labute approximate surface area is 112 Å². The summed E-state index contributed by atoms with van der Waals surface area (Å²) in [7, 11) is 2.22. The Hall–Kier alpha value is -0.120. The molecule has 0 aromatic rings. The Kier molecular flexibility index (Phi) is 5.46. The standard InChI is InChI=1S/C15H30N2O/c1-17-9-5-6-14(11-17)10-16-12-15(13-18)7-3-2-4-8-15/h14,16,18H,2-13H2,1H3. The number of hydrogen-bond acceptors (Lipinski definition) is 3. The predicted octanol–water partition coefficient (Wildman–Crippen LogP) is 1.86. The molecule has 2 N–H and O–H groups in total. The van der Waals surface area contributed by atoms with Crippen molar-refractivity contribution < 1.29 is 5.11 Å². The van der Waals surface area contributed by atoms with Crippen LogP contribution in [0.2, 0.25) is 0 Å². The lowest BCUT2D eigenvalue weighted by Crippen LogP contribution is -2.43. The number of aliphatic hydroxyl groups is 1. The van der Waals surface area contributed by atoms with Gasteiger partial charge in [0.25, 0.3) is 0 Å². The molecule has 0 aromatic heterocycles. The molecule has 1 saturated heterocycles. The highest BCUT2D eigenvalue weighted by Gasteiger charge is 2.31. The molecule has 0 aromatic carbocycles. The van der Waals surface area contributed by atoms with Crippen LogP contribution in [0.5, 0.6) is 0 Å². The van der Waals surface area contributed by atoms with Gasteiger partial charge in [0.2, 0.25) is 0 Å². The van der Waals surface area contributed by atoms with E-state index in [1.165, 1.54) is 58.0 Å². The summed E-state index contributed by atoms with van der Waals surface area (Å²) in [4.78, 5) is 2.44. The van der Waals surface area contributed by atoms with Crippen molar-refractivity contribution in [1.29, 1.82) is 0 Å². The van der Waals surface area contributed by atoms with Crippen LogP contribution in [0.4, 0.5) is 0 Å². The van der Waals surface area contributed by atoms with E-state index in [-0.39, 0.29) is 5.41 Å². The van der Waals surface area contributed by atoms with E-state index in [0.29, 0.717) is 6.61 Å². The molecule has 0 radical (unpaired) electrons. The van der Waals surface area contributed by atoms with Gasteiger partial charge < -0.3 is 15.3 Å². The summed E-state index contributed by atoms with van der Waals surface area (Å²) in [6.07, 6.45) is 9.08. The van der Waals surface area contributed by atoms with Crippen LogP contribution >= 0.6 is 0 Å². The maximum absolute atomic E-state index is 9.67. The van der Waals surface area contributed by atoms with Gasteiger partial charge >= 0.3 is 0 Å². The minimum atomic E-state index is 0.193. The Morgan fingerprint density at radius 1 is 1.22 bits per heavy atom. The van der Waals surface area contributed by atoms with Gasteiger partial charge in [0.05, 0.1) is 0 Å². The first-order valence-corrected chi connectivity index (χ1v) is 7.74. The maximum atomic E-state index is 9.67. The van der Waals surface area contributed by atoms with Crippen molar-refractivity contribution in [3.63, 3.8) is 0 Å². The Morgan fingerprint density at radius 3 is 2.67 bits per heavy atom. The lowest BCUT2D eigenvalue weighted by Gasteiger charge is -2.37. The molecule has 1 unspecified atom stereocenters. The highest BCUT2D eigenvalue weighted by molar-refractivity contribution is 4.85. The van der Waals surface area contributed by atoms with Gasteiger partial charge in [0.1, 0.15) is 0 Å². The van der Waals surface area contributed by atoms with Gasteiger partial charge in [0, 0.05) is 25.1 Å². The van der Waals surface area contributed by atoms with Gasteiger partial charge in [-0.15, -0.1) is 0 Å². The predicted molar refractivity (Wildman–Crippen MR) is 75.7 cm³/mol. The second kappa shape index (κ2) is 6.88. The van der Waals surface area contributed by atoms with Gasteiger partial charge in [0.15, 0.2) is 0 Å². The van der Waals surface area contributed by atoms with E-state index in [1.54, 1.807) is 0 Å². The molecule has 106 valence electrons. The number of likely N-dealkylation sites (tertiary alicyclic amines) is 1. The molecule has 1 aliphatic carbocycles. The molecule has 1 heterocycles. The molecule has 3 nitrogen and oxygen atoms in total. The molecule has 2 fully saturated rings. The summed E-state index contributed by atoms with van der Waals surface area (Å²) in [6, 6.07) is 0. The lowest BCUT2D eigenvalue weighted by molar-refractivity contribution is 0.0787. The summed E-state index contributed by atoms with van der Waals surface area (Å²) < 4.78 is 0. The zero-order valence-electron chi connectivity index (χ0n) is 12.0. The number of nitrogens with one attached hydrogen (secondary N) is 1. The Balaban J connectivity index is 1.69. The van der Waals surface area contributed by atoms with E-state index in [0.717, 1.165) is 19.0 Å². The molecule has 0 spiro atoms. The molecule has 1 aliphatic heterocycles. The fourth-order valence-electron chi connectivity index (χ4n) is 3.67. The average Bonchev–Trinajstić information content (AvgIpc) is 2.40. The smallest absolute Gasteiger partial charge is 0.0499 e. The monoisotopic (exact) mass is 254 g/mol. The Bertz CT molecular complexity index is 239. The summed E-state index contributed by atoms with van der Waals surface area (Å²) >= 11 is 0. The third kappa shape index (κ3) is 3.94. The first-order valence-electron chi connectivity index (χ1n) is 7.74. The molecule has 1 atom stereocenters. The topological polar surface area (TPSA) is 35.5 Å². The van der Waals surface area contributed by atoms with E-state index in [4.69, 9.17) is 0 Å². The van der Waals surface area contributed by atoms with Crippen molar-refractivity contribution in [1.82, 2.24) is 10.2 Å². The molecule has 0 bridgehead atoms. The van der Waals surface area contributed by atoms with Crippen molar-refractivity contribution in [2.24, 2.45) is 11.3 Å². The molecule has 2 rings (SSSR count). The second-order valence-corrected chi connectivity index (χ2v) is 6.62. The highest BCUT2D eigenvalue weighted by Crippen LogP contribution is 2.35. The molecule has 2 aliphatic rings. The minimum absolute atomic E-state index is 0.193. The number of hydrogen-bond donors (Lipinski definition) is 2. The molecular formula is C15H30N2O. The average molecular weight is 254 g/mol. The second-order valence-electron chi connectivity index (χ2n) is 6.62. The fourth-order valence-corrected chi connectivity index (χ4v) is 3.67. The van der Waals surface area contributed by atoms with E-state index >= 15 is 0 Å². The van der Waals surface area contributed by atoms with E-state index in [2.05, 4.69) is 17.3 Å². The third-order valence-corrected chi connectivity index (χ3v) is 4.90. The van der Waals surface area contributed by atoms with E-state index < -0.39 is 0 Å². The molecule has 18 heavy (non-hydrogen) atoms. The number of piperidine rings is 1. The highest BCUT2D eigenvalue weighted by atomic mass is 16.3. The van der Waals surface area contributed by atoms with Crippen molar-refractivity contribution >= 4 is 0 Å². The van der Waals surface area contributed by atoms with Crippen LogP contribution < -0.4 is 5.32 Å². The van der Waals surface area contributed by atoms with Crippen LogP contribution in [0.3, 0.4) is 0 Å². The van der Waals surface area contributed by atoms with Crippen molar-refractivity contribution in [2.75, 3.05) is 39.8 Å². The largest absolute Gasteiger partial charge is 0.396 e. The van der Waals surface area contributed by atoms with Gasteiger partial charge in [-0.1, -0.05) is 19.3 Å². The van der Waals surface area contributed by atoms with Crippen LogP contribution in [-0.4, -0.2) is 49.8 Å². The van der Waals surface area contributed by atoms with Crippen LogP contribution in [0, 0.1) is 11.3 Å². The normalized spacial score (nSPS) is 29.3.